The third-order valence-electron chi connectivity index (χ3n) is 4.67. The Bertz CT molecular complexity index is 1240. The first kappa shape index (κ1) is 18.7. The van der Waals surface area contributed by atoms with Crippen molar-refractivity contribution in [2.75, 3.05) is 5.32 Å². The van der Waals surface area contributed by atoms with E-state index in [4.69, 9.17) is 16.6 Å². The molecule has 1 amide bonds. The molecule has 2 N–H and O–H groups in total. The van der Waals surface area contributed by atoms with Crippen molar-refractivity contribution >= 4 is 57.3 Å². The van der Waals surface area contributed by atoms with Gasteiger partial charge in [-0.15, -0.1) is 11.3 Å². The van der Waals surface area contributed by atoms with E-state index >= 15 is 0 Å². The summed E-state index contributed by atoms with van der Waals surface area (Å²) in [4.78, 5) is 29.7. The molecule has 1 aromatic carbocycles. The van der Waals surface area contributed by atoms with Crippen molar-refractivity contribution in [2.45, 2.75) is 12.8 Å². The van der Waals surface area contributed by atoms with Gasteiger partial charge < -0.3 is 10.3 Å². The van der Waals surface area contributed by atoms with E-state index in [1.165, 1.54) is 0 Å². The number of H-pyrrole nitrogens is 1. The summed E-state index contributed by atoms with van der Waals surface area (Å²) in [6.07, 6.45) is 6.33. The number of amides is 1. The number of imidazole rings is 1. The predicted molar refractivity (Wildman–Crippen MR) is 123 cm³/mol. The summed E-state index contributed by atoms with van der Waals surface area (Å²) in [6.45, 7) is 0. The summed E-state index contributed by atoms with van der Waals surface area (Å²) in [7, 11) is 0. The third-order valence-corrected chi connectivity index (χ3v) is 6.90. The van der Waals surface area contributed by atoms with Gasteiger partial charge in [0.15, 0.2) is 0 Å². The number of nitrogens with one attached hydrogen (secondary N) is 2. The van der Waals surface area contributed by atoms with Gasteiger partial charge in [-0.25, -0.2) is 15.0 Å². The zero-order valence-corrected chi connectivity index (χ0v) is 18.6. The molecule has 0 unspecified atom stereocenters. The molecule has 1 aliphatic heterocycles. The number of nitrogens with zero attached hydrogens (tertiary/aromatic N) is 3. The first-order valence-electron chi connectivity index (χ1n) is 8.84. The lowest BCUT2D eigenvalue weighted by Gasteiger charge is -2.17. The molecule has 4 aromatic rings. The molecule has 0 fully saturated rings. The van der Waals surface area contributed by atoms with Crippen molar-refractivity contribution in [3.05, 3.63) is 57.0 Å². The van der Waals surface area contributed by atoms with E-state index in [0.717, 1.165) is 41.7 Å². The van der Waals surface area contributed by atoms with Crippen LogP contribution in [0.2, 0.25) is 5.02 Å². The normalized spacial score (nSPS) is 13.2. The van der Waals surface area contributed by atoms with Crippen molar-refractivity contribution in [1.29, 1.82) is 0 Å². The number of aromatic amines is 1. The monoisotopic (exact) mass is 533 g/mol. The van der Waals surface area contributed by atoms with Crippen LogP contribution >= 0.6 is 45.5 Å². The molecule has 1 aliphatic rings. The molecule has 3 aromatic heterocycles. The van der Waals surface area contributed by atoms with Crippen LogP contribution in [-0.2, 0) is 11.2 Å². The second-order valence-corrected chi connectivity index (χ2v) is 9.09. The number of carbonyl (C=O) groups excluding carboxylic acids is 1. The summed E-state index contributed by atoms with van der Waals surface area (Å²) in [6, 6.07) is 7.73. The molecule has 0 radical (unpaired) electrons. The SMILES string of the molecule is O=C1CCc2c(-c3nc(-c4ccc(Cl)cc4I)c(-c4ncc[nH]4)s3)ccnc2N1. The van der Waals surface area contributed by atoms with Crippen LogP contribution in [0.1, 0.15) is 12.0 Å². The first-order valence-corrected chi connectivity index (χ1v) is 11.1. The maximum absolute atomic E-state index is 11.7. The predicted octanol–water partition coefficient (Wildman–Crippen LogP) is 5.40. The third kappa shape index (κ3) is 3.45. The first-order chi connectivity index (χ1) is 14.1. The number of fused-ring (bicyclic) bond motifs is 1. The Labute approximate surface area is 188 Å². The molecule has 9 heteroatoms. The number of carbonyl (C=O) groups is 1. The van der Waals surface area contributed by atoms with Crippen molar-refractivity contribution < 1.29 is 4.79 Å². The van der Waals surface area contributed by atoms with Crippen molar-refractivity contribution in [2.24, 2.45) is 0 Å². The van der Waals surface area contributed by atoms with E-state index < -0.39 is 0 Å². The highest BCUT2D eigenvalue weighted by Gasteiger charge is 2.24. The molecule has 0 aliphatic carbocycles. The minimum Gasteiger partial charge on any atom is -0.344 e. The molecule has 144 valence electrons. The minimum absolute atomic E-state index is 0.00558. The number of aromatic nitrogens is 4. The number of rotatable bonds is 3. The van der Waals surface area contributed by atoms with Crippen molar-refractivity contribution in [1.82, 2.24) is 19.9 Å². The number of hydrogen-bond donors (Lipinski definition) is 2. The van der Waals surface area contributed by atoms with Gasteiger partial charge in [-0.05, 0) is 47.2 Å². The molecule has 0 bridgehead atoms. The van der Waals surface area contributed by atoms with Crippen LogP contribution in [-0.4, -0.2) is 25.8 Å². The Hall–Kier alpha value is -2.30. The smallest absolute Gasteiger partial charge is 0.225 e. The number of halogens is 2. The second kappa shape index (κ2) is 7.51. The van der Waals surface area contributed by atoms with Crippen LogP contribution in [0.5, 0.6) is 0 Å². The summed E-state index contributed by atoms with van der Waals surface area (Å²) < 4.78 is 1.02. The maximum Gasteiger partial charge on any atom is 0.225 e. The number of hydrogen-bond acceptors (Lipinski definition) is 5. The van der Waals surface area contributed by atoms with Gasteiger partial charge in [0.2, 0.25) is 5.91 Å². The molecule has 4 heterocycles. The molecular weight excluding hydrogens is 521 g/mol. The molecule has 0 atom stereocenters. The lowest BCUT2D eigenvalue weighted by atomic mass is 10.0. The Morgan fingerprint density at radius 3 is 2.79 bits per heavy atom. The highest BCUT2D eigenvalue weighted by molar-refractivity contribution is 14.1. The molecule has 0 saturated carbocycles. The quantitative estimate of drug-likeness (QED) is 0.345. The number of anilines is 1. The lowest BCUT2D eigenvalue weighted by Crippen LogP contribution is -2.20. The number of benzene rings is 1. The van der Waals surface area contributed by atoms with Crippen molar-refractivity contribution in [3.63, 3.8) is 0 Å². The zero-order valence-electron chi connectivity index (χ0n) is 14.9. The Kier molecular flexibility index (Phi) is 4.84. The fourth-order valence-electron chi connectivity index (χ4n) is 3.34. The van der Waals surface area contributed by atoms with Gasteiger partial charge in [0, 0.05) is 50.3 Å². The Morgan fingerprint density at radius 1 is 1.10 bits per heavy atom. The topological polar surface area (TPSA) is 83.6 Å². The highest BCUT2D eigenvalue weighted by Crippen LogP contribution is 2.43. The van der Waals surface area contributed by atoms with Crippen molar-refractivity contribution in [3.8, 4) is 32.5 Å². The maximum atomic E-state index is 11.7. The second-order valence-electron chi connectivity index (χ2n) is 6.49. The summed E-state index contributed by atoms with van der Waals surface area (Å²) in [5.74, 6) is 1.39. The van der Waals surface area contributed by atoms with Gasteiger partial charge in [-0.2, -0.15) is 0 Å². The van der Waals surface area contributed by atoms with E-state index in [2.05, 4.69) is 42.9 Å². The van der Waals surface area contributed by atoms with E-state index in [1.807, 2.05) is 24.3 Å². The fourth-order valence-corrected chi connectivity index (χ4v) is 5.55. The zero-order chi connectivity index (χ0) is 20.0. The van der Waals surface area contributed by atoms with E-state index in [-0.39, 0.29) is 5.91 Å². The fraction of sp³-hybridized carbons (Fsp3) is 0.100. The van der Waals surface area contributed by atoms with Crippen LogP contribution in [0.25, 0.3) is 32.5 Å². The van der Waals surface area contributed by atoms with E-state index in [1.54, 1.807) is 29.9 Å². The van der Waals surface area contributed by atoms with Crippen LogP contribution < -0.4 is 5.32 Å². The van der Waals surface area contributed by atoms with Gasteiger partial charge in [0.05, 0.1) is 10.6 Å². The molecule has 5 rings (SSSR count). The average Bonchev–Trinajstić information content (AvgIpc) is 3.37. The molecular formula is C20H13ClIN5OS. The van der Waals surface area contributed by atoms with Crippen LogP contribution in [0, 0.1) is 3.57 Å². The lowest BCUT2D eigenvalue weighted by molar-refractivity contribution is -0.116. The van der Waals surface area contributed by atoms with E-state index in [9.17, 15) is 4.79 Å². The summed E-state index contributed by atoms with van der Waals surface area (Å²) >= 11 is 10.0. The standard InChI is InChI=1S/C20H13ClIN5OS/c21-10-1-2-13(14(22)9-10)16-17(19-24-7-8-25-19)29-20(27-16)12-5-6-23-18-11(12)3-4-15(28)26-18/h1-2,5-9H,3-4H2,(H,24,25)(H,23,26,28). The molecule has 6 nitrogen and oxygen atoms in total. The van der Waals surface area contributed by atoms with Crippen LogP contribution in [0.3, 0.4) is 0 Å². The molecule has 0 spiro atoms. The molecule has 0 saturated heterocycles. The highest BCUT2D eigenvalue weighted by atomic mass is 127. The van der Waals surface area contributed by atoms with Gasteiger partial charge in [-0.3, -0.25) is 4.79 Å². The van der Waals surface area contributed by atoms with Gasteiger partial charge in [0.25, 0.3) is 0 Å². The minimum atomic E-state index is -0.00558. The number of pyridine rings is 1. The van der Waals surface area contributed by atoms with Gasteiger partial charge in [-0.1, -0.05) is 17.7 Å². The summed E-state index contributed by atoms with van der Waals surface area (Å²) in [5.41, 5.74) is 3.86. The van der Waals surface area contributed by atoms with Crippen LogP contribution in [0.4, 0.5) is 5.82 Å². The average molecular weight is 534 g/mol. The van der Waals surface area contributed by atoms with Crippen LogP contribution in [0.15, 0.2) is 42.9 Å². The number of thiazole rings is 1. The Balaban J connectivity index is 1.71. The molecule has 29 heavy (non-hydrogen) atoms. The Morgan fingerprint density at radius 2 is 2.00 bits per heavy atom. The largest absolute Gasteiger partial charge is 0.344 e. The van der Waals surface area contributed by atoms with Gasteiger partial charge >= 0.3 is 0 Å². The van der Waals surface area contributed by atoms with E-state index in [0.29, 0.717) is 23.7 Å². The summed E-state index contributed by atoms with van der Waals surface area (Å²) in [5, 5.41) is 4.41. The van der Waals surface area contributed by atoms with Gasteiger partial charge in [0.1, 0.15) is 16.6 Å².